The number of benzene rings is 1. The van der Waals surface area contributed by atoms with Gasteiger partial charge in [0.15, 0.2) is 0 Å². The molecule has 0 radical (unpaired) electrons. The molecule has 4 nitrogen and oxygen atoms in total. The van der Waals surface area contributed by atoms with Crippen molar-refractivity contribution in [2.75, 3.05) is 6.61 Å². The van der Waals surface area contributed by atoms with Gasteiger partial charge in [-0.2, -0.15) is 5.10 Å². The Morgan fingerprint density at radius 1 is 1.36 bits per heavy atom. The molecule has 2 aliphatic heterocycles. The van der Waals surface area contributed by atoms with Crippen molar-refractivity contribution in [1.82, 2.24) is 5.01 Å². The number of ether oxygens (including phenoxy) is 1. The summed E-state index contributed by atoms with van der Waals surface area (Å²) < 4.78 is 34.2. The van der Waals surface area contributed by atoms with Gasteiger partial charge >= 0.3 is 0 Å². The molecule has 0 N–H and O–H groups in total. The summed E-state index contributed by atoms with van der Waals surface area (Å²) in [5.74, 6) is 0.0837. The summed E-state index contributed by atoms with van der Waals surface area (Å²) in [6.45, 7) is 2.58. The van der Waals surface area contributed by atoms with E-state index in [0.29, 0.717) is 24.0 Å². The zero-order chi connectivity index (χ0) is 19.5. The van der Waals surface area contributed by atoms with Crippen molar-refractivity contribution in [2.24, 2.45) is 16.9 Å². The quantitative estimate of drug-likeness (QED) is 0.727. The van der Waals surface area contributed by atoms with E-state index in [2.05, 4.69) is 18.1 Å². The van der Waals surface area contributed by atoms with E-state index < -0.39 is 16.5 Å². The zero-order valence-corrected chi connectivity index (χ0v) is 16.3. The molecule has 0 saturated heterocycles. The Morgan fingerprint density at radius 2 is 2.18 bits per heavy atom. The van der Waals surface area contributed by atoms with Crippen LogP contribution in [-0.2, 0) is 9.53 Å². The summed E-state index contributed by atoms with van der Waals surface area (Å²) in [4.78, 5) is 12.3. The Morgan fingerprint density at radius 3 is 2.96 bits per heavy atom. The number of hydrogen-bond donors (Lipinski definition) is 0. The molecule has 2 unspecified atom stereocenters. The van der Waals surface area contributed by atoms with Gasteiger partial charge < -0.3 is 4.74 Å². The maximum atomic E-state index is 14.4. The average Bonchev–Trinajstić information content (AvgIpc) is 3.46. The summed E-state index contributed by atoms with van der Waals surface area (Å²) >= 11 is 1.34. The molecule has 1 amide bonds. The molecule has 2 aliphatic carbocycles. The Hall–Kier alpha value is -2.15. The number of carbonyl (C=O) groups is 1. The lowest BCUT2D eigenvalue weighted by molar-refractivity contribution is -0.135. The van der Waals surface area contributed by atoms with Crippen LogP contribution in [-0.4, -0.2) is 27.4 Å². The van der Waals surface area contributed by atoms with E-state index in [-0.39, 0.29) is 17.4 Å². The van der Waals surface area contributed by atoms with Crippen LogP contribution in [0.15, 0.2) is 46.8 Å². The number of thioether (sulfide) groups is 1. The Bertz CT molecular complexity index is 954. The van der Waals surface area contributed by atoms with Gasteiger partial charge in [-0.15, -0.1) is 0 Å². The van der Waals surface area contributed by atoms with Gasteiger partial charge in [-0.25, -0.2) is 13.8 Å². The monoisotopic (exact) mass is 402 g/mol. The molecule has 0 aromatic heterocycles. The molecule has 1 aromatic rings. The number of carbonyl (C=O) groups excluding carboxylic acids is 1. The van der Waals surface area contributed by atoms with E-state index in [1.54, 1.807) is 0 Å². The van der Waals surface area contributed by atoms with Crippen LogP contribution in [0.2, 0.25) is 0 Å². The van der Waals surface area contributed by atoms with E-state index in [1.165, 1.54) is 16.8 Å². The van der Waals surface area contributed by atoms with Gasteiger partial charge in [0.25, 0.3) is 0 Å². The maximum Gasteiger partial charge on any atom is 0.247 e. The van der Waals surface area contributed by atoms with Gasteiger partial charge in [0.05, 0.1) is 6.61 Å². The summed E-state index contributed by atoms with van der Waals surface area (Å²) in [5, 5.41) is 6.42. The van der Waals surface area contributed by atoms with Gasteiger partial charge in [0.1, 0.15) is 27.3 Å². The molecular weight excluding hydrogens is 382 g/mol. The van der Waals surface area contributed by atoms with Gasteiger partial charge in [0.2, 0.25) is 5.91 Å². The maximum absolute atomic E-state index is 14.4. The molecular formula is C21H20F2N2O2S. The summed E-state index contributed by atoms with van der Waals surface area (Å²) in [5.41, 5.74) is 1.02. The summed E-state index contributed by atoms with van der Waals surface area (Å²) in [7, 11) is 0. The Balaban J connectivity index is 1.62. The first-order valence-electron chi connectivity index (χ1n) is 9.60. The number of rotatable bonds is 2. The van der Waals surface area contributed by atoms with Crippen LogP contribution in [0, 0.1) is 23.5 Å². The van der Waals surface area contributed by atoms with E-state index >= 15 is 0 Å². The first kappa shape index (κ1) is 17.9. The Labute approximate surface area is 166 Å². The highest BCUT2D eigenvalue weighted by atomic mass is 32.2. The van der Waals surface area contributed by atoms with Crippen molar-refractivity contribution >= 4 is 22.7 Å². The van der Waals surface area contributed by atoms with E-state index in [9.17, 15) is 13.6 Å². The van der Waals surface area contributed by atoms with Crippen molar-refractivity contribution in [2.45, 2.75) is 37.5 Å². The van der Waals surface area contributed by atoms with Crippen LogP contribution in [0.3, 0.4) is 0 Å². The second kappa shape index (κ2) is 6.44. The molecule has 0 bridgehead atoms. The second-order valence-corrected chi connectivity index (χ2v) is 9.08. The van der Waals surface area contributed by atoms with Crippen LogP contribution in [0.4, 0.5) is 8.78 Å². The van der Waals surface area contributed by atoms with Crippen molar-refractivity contribution in [3.05, 3.63) is 58.9 Å². The standard InChI is InChI=1S/C21H20F2N2O2S/c1-12-2-6-16-18(10-12)27-9-8-21(16)25(20(26)13-3-4-13)24-19(28-21)15-11-14(22)5-7-17(15)23/h2,5-7,11-13H,3-4,8-10H2,1H3. The fraction of sp³-hybridized carbons (Fsp3) is 0.429. The van der Waals surface area contributed by atoms with Gasteiger partial charge in [-0.1, -0.05) is 30.8 Å². The summed E-state index contributed by atoms with van der Waals surface area (Å²) in [6.07, 6.45) is 7.15. The largest absolute Gasteiger partial charge is 0.497 e. The molecule has 1 spiro atoms. The minimum absolute atomic E-state index is 0.0312. The first-order valence-corrected chi connectivity index (χ1v) is 10.4. The predicted octanol–water partition coefficient (Wildman–Crippen LogP) is 4.58. The molecule has 28 heavy (non-hydrogen) atoms. The molecule has 7 heteroatoms. The van der Waals surface area contributed by atoms with Crippen LogP contribution in [0.1, 0.15) is 38.2 Å². The van der Waals surface area contributed by atoms with Crippen LogP contribution < -0.4 is 0 Å². The molecule has 4 aliphatic rings. The zero-order valence-electron chi connectivity index (χ0n) is 15.5. The van der Waals surface area contributed by atoms with Crippen LogP contribution >= 0.6 is 11.8 Å². The number of nitrogens with zero attached hydrogens (tertiary/aromatic N) is 2. The number of hydrogen-bond acceptors (Lipinski definition) is 4. The summed E-state index contributed by atoms with van der Waals surface area (Å²) in [6, 6.07) is 3.33. The third-order valence-electron chi connectivity index (χ3n) is 5.63. The van der Waals surface area contributed by atoms with Gasteiger partial charge in [-0.05, 0) is 37.0 Å². The van der Waals surface area contributed by atoms with Crippen LogP contribution in [0.25, 0.3) is 0 Å². The highest BCUT2D eigenvalue weighted by Crippen LogP contribution is 2.53. The highest BCUT2D eigenvalue weighted by Gasteiger charge is 2.54. The number of halogens is 2. The fourth-order valence-corrected chi connectivity index (χ4v) is 5.38. The van der Waals surface area contributed by atoms with Gasteiger partial charge in [0, 0.05) is 29.9 Å². The Kier molecular flexibility index (Phi) is 4.12. The smallest absolute Gasteiger partial charge is 0.247 e. The van der Waals surface area contributed by atoms with E-state index in [0.717, 1.165) is 48.8 Å². The number of hydrazone groups is 1. The normalized spacial score (nSPS) is 29.0. The van der Waals surface area contributed by atoms with Gasteiger partial charge in [-0.3, -0.25) is 4.79 Å². The molecule has 2 atom stereocenters. The first-order chi connectivity index (χ1) is 13.5. The second-order valence-electron chi connectivity index (χ2n) is 7.82. The molecule has 1 saturated carbocycles. The minimum Gasteiger partial charge on any atom is -0.497 e. The van der Waals surface area contributed by atoms with E-state index in [4.69, 9.17) is 4.74 Å². The lowest BCUT2D eigenvalue weighted by Crippen LogP contribution is -2.49. The lowest BCUT2D eigenvalue weighted by atomic mass is 9.89. The number of allylic oxidation sites excluding steroid dienone is 2. The average molecular weight is 402 g/mol. The minimum atomic E-state index is -0.752. The third kappa shape index (κ3) is 2.79. The highest BCUT2D eigenvalue weighted by molar-refractivity contribution is 8.16. The fourth-order valence-electron chi connectivity index (χ4n) is 3.98. The SMILES string of the molecule is CC1C=CC2=C(C1)OCCC21SC(c2cc(F)ccc2F)=NN1C(=O)C1CC1. The van der Waals surface area contributed by atoms with Crippen molar-refractivity contribution < 1.29 is 18.3 Å². The predicted molar refractivity (Wildman–Crippen MR) is 103 cm³/mol. The van der Waals surface area contributed by atoms with Crippen molar-refractivity contribution in [3.8, 4) is 0 Å². The lowest BCUT2D eigenvalue weighted by Gasteiger charge is -2.42. The van der Waals surface area contributed by atoms with Crippen molar-refractivity contribution in [1.29, 1.82) is 0 Å². The third-order valence-corrected chi connectivity index (χ3v) is 7.06. The number of amides is 1. The molecule has 5 rings (SSSR count). The van der Waals surface area contributed by atoms with Crippen molar-refractivity contribution in [3.63, 3.8) is 0 Å². The molecule has 146 valence electrons. The number of fused-ring (bicyclic) bond motifs is 1. The van der Waals surface area contributed by atoms with E-state index in [1.807, 2.05) is 6.08 Å². The molecule has 2 heterocycles. The van der Waals surface area contributed by atoms with Crippen LogP contribution in [0.5, 0.6) is 0 Å². The molecule has 1 fully saturated rings. The molecule has 1 aromatic carbocycles. The topological polar surface area (TPSA) is 41.9 Å².